The number of hydrogen-bond donors (Lipinski definition) is 3. The summed E-state index contributed by atoms with van der Waals surface area (Å²) in [6.45, 7) is 7.00. The van der Waals surface area contributed by atoms with Crippen LogP contribution < -0.4 is 16.4 Å². The second-order valence-corrected chi connectivity index (χ2v) is 6.59. The van der Waals surface area contributed by atoms with Gasteiger partial charge in [-0.2, -0.15) is 0 Å². The van der Waals surface area contributed by atoms with E-state index in [2.05, 4.69) is 41.6 Å². The Morgan fingerprint density at radius 2 is 1.96 bits per heavy atom. The van der Waals surface area contributed by atoms with E-state index in [1.807, 2.05) is 12.1 Å². The van der Waals surface area contributed by atoms with Gasteiger partial charge in [0.25, 0.3) is 0 Å². The summed E-state index contributed by atoms with van der Waals surface area (Å²) < 4.78 is 4.95. The van der Waals surface area contributed by atoms with Gasteiger partial charge >= 0.3 is 6.09 Å². The smallest absolute Gasteiger partial charge is 0.407 e. The topological polar surface area (TPSA) is 88.7 Å². The first-order valence-electron chi connectivity index (χ1n) is 9.13. The Morgan fingerprint density at radius 1 is 1.31 bits per heavy atom. The van der Waals surface area contributed by atoms with Crippen molar-refractivity contribution in [2.24, 2.45) is 16.6 Å². The van der Waals surface area contributed by atoms with Crippen molar-refractivity contribution in [3.8, 4) is 0 Å². The number of carbonyl (C=O) groups is 1. The van der Waals surface area contributed by atoms with Crippen LogP contribution in [0.3, 0.4) is 0 Å². The molecule has 0 radical (unpaired) electrons. The molecule has 4 N–H and O–H groups in total. The summed E-state index contributed by atoms with van der Waals surface area (Å²) in [5.74, 6) is 1.37. The zero-order valence-corrected chi connectivity index (χ0v) is 18.2. The number of ether oxygens (including phenoxy) is 1. The molecule has 26 heavy (non-hydrogen) atoms. The molecule has 1 saturated carbocycles. The zero-order valence-electron chi connectivity index (χ0n) is 15.8. The van der Waals surface area contributed by atoms with Crippen molar-refractivity contribution in [2.45, 2.75) is 52.0 Å². The Morgan fingerprint density at radius 3 is 2.50 bits per heavy atom. The van der Waals surface area contributed by atoms with Gasteiger partial charge in [-0.1, -0.05) is 26.0 Å². The molecule has 7 heteroatoms. The van der Waals surface area contributed by atoms with Crippen LogP contribution in [0.2, 0.25) is 0 Å². The predicted molar refractivity (Wildman–Crippen MR) is 117 cm³/mol. The largest absolute Gasteiger partial charge is 0.450 e. The average molecular weight is 474 g/mol. The van der Waals surface area contributed by atoms with Gasteiger partial charge < -0.3 is 21.1 Å². The molecule has 1 aliphatic rings. The van der Waals surface area contributed by atoms with E-state index in [-0.39, 0.29) is 36.1 Å². The van der Waals surface area contributed by atoms with Gasteiger partial charge in [0, 0.05) is 5.69 Å². The summed E-state index contributed by atoms with van der Waals surface area (Å²) in [5, 5.41) is 5.98. The third kappa shape index (κ3) is 7.39. The molecule has 2 atom stereocenters. The van der Waals surface area contributed by atoms with Gasteiger partial charge in [0.15, 0.2) is 5.96 Å². The number of amides is 1. The fraction of sp³-hybridized carbons (Fsp3) is 0.579. The minimum Gasteiger partial charge on any atom is -0.450 e. The number of benzene rings is 1. The Hall–Kier alpha value is -1.51. The van der Waals surface area contributed by atoms with Crippen LogP contribution in [0.25, 0.3) is 0 Å². The normalized spacial score (nSPS) is 16.2. The number of guanidine groups is 1. The number of nitrogens with two attached hydrogens (primary N) is 1. The first-order valence-corrected chi connectivity index (χ1v) is 9.13. The van der Waals surface area contributed by atoms with Crippen LogP contribution in [0.4, 0.5) is 10.5 Å². The number of hydrogen-bond acceptors (Lipinski definition) is 3. The van der Waals surface area contributed by atoms with Crippen LogP contribution >= 0.6 is 24.0 Å². The highest BCUT2D eigenvalue weighted by Crippen LogP contribution is 2.32. The second-order valence-electron chi connectivity index (χ2n) is 6.59. The fourth-order valence-electron chi connectivity index (χ4n) is 2.65. The monoisotopic (exact) mass is 474 g/mol. The molecule has 0 saturated heterocycles. The lowest BCUT2D eigenvalue weighted by atomic mass is 9.99. The molecule has 0 bridgehead atoms. The second kappa shape index (κ2) is 11.3. The van der Waals surface area contributed by atoms with Crippen LogP contribution in [0, 0.1) is 5.92 Å². The summed E-state index contributed by atoms with van der Waals surface area (Å²) in [6.07, 6.45) is 2.95. The van der Waals surface area contributed by atoms with Gasteiger partial charge in [0.1, 0.15) is 0 Å². The molecule has 0 aliphatic heterocycles. The minimum atomic E-state index is -0.387. The molecule has 1 aromatic carbocycles. The van der Waals surface area contributed by atoms with Crippen LogP contribution in [0.1, 0.15) is 51.5 Å². The third-order valence-electron chi connectivity index (χ3n) is 4.59. The van der Waals surface area contributed by atoms with Crippen molar-refractivity contribution < 1.29 is 9.53 Å². The van der Waals surface area contributed by atoms with Crippen molar-refractivity contribution in [1.82, 2.24) is 5.32 Å². The number of carbonyl (C=O) groups excluding carboxylic acids is 1. The van der Waals surface area contributed by atoms with Gasteiger partial charge in [0.2, 0.25) is 0 Å². The molecule has 6 nitrogen and oxygen atoms in total. The standard InChI is InChI=1S/C19H30N4O2.HI/c1-4-13(3)14-8-10-16(11-9-14)22-18(20)21-12-17(15-6-7-15)23-19(24)25-5-2;/h8-11,13,15,17H,4-7,12H2,1-3H3,(H,23,24)(H3,20,21,22);1H. The summed E-state index contributed by atoms with van der Waals surface area (Å²) in [6, 6.07) is 8.23. The van der Waals surface area contributed by atoms with E-state index < -0.39 is 0 Å². The molecule has 2 unspecified atom stereocenters. The third-order valence-corrected chi connectivity index (χ3v) is 4.59. The van der Waals surface area contributed by atoms with Gasteiger partial charge in [-0.05, 0) is 55.7 Å². The number of aliphatic imine (C=N–C) groups is 1. The fourth-order valence-corrected chi connectivity index (χ4v) is 2.65. The van der Waals surface area contributed by atoms with Crippen LogP contribution in [-0.4, -0.2) is 31.2 Å². The first kappa shape index (κ1) is 22.5. The van der Waals surface area contributed by atoms with Crippen LogP contribution in [-0.2, 0) is 4.74 Å². The molecule has 1 aliphatic carbocycles. The Labute approximate surface area is 173 Å². The Bertz CT molecular complexity index is 588. The average Bonchev–Trinajstić information content (AvgIpc) is 3.44. The van der Waals surface area contributed by atoms with Gasteiger partial charge in [-0.3, -0.25) is 4.99 Å². The number of alkyl carbamates (subject to hydrolysis) is 1. The molecule has 0 heterocycles. The van der Waals surface area contributed by atoms with Crippen molar-refractivity contribution in [1.29, 1.82) is 0 Å². The van der Waals surface area contributed by atoms with E-state index in [1.54, 1.807) is 6.92 Å². The highest BCUT2D eigenvalue weighted by atomic mass is 127. The summed E-state index contributed by atoms with van der Waals surface area (Å²) >= 11 is 0. The number of nitrogens with zero attached hydrogens (tertiary/aromatic N) is 1. The van der Waals surface area contributed by atoms with Crippen molar-refractivity contribution in [3.05, 3.63) is 29.8 Å². The van der Waals surface area contributed by atoms with Crippen molar-refractivity contribution >= 4 is 41.7 Å². The number of anilines is 1. The molecule has 0 spiro atoms. The summed E-state index contributed by atoms with van der Waals surface area (Å²) in [5.41, 5.74) is 8.21. The van der Waals surface area contributed by atoms with Crippen LogP contribution in [0.15, 0.2) is 29.3 Å². The molecule has 1 amide bonds. The van der Waals surface area contributed by atoms with E-state index >= 15 is 0 Å². The van der Waals surface area contributed by atoms with E-state index in [0.29, 0.717) is 30.9 Å². The molecule has 1 aromatic rings. The zero-order chi connectivity index (χ0) is 18.2. The lowest BCUT2D eigenvalue weighted by Gasteiger charge is -2.16. The van der Waals surface area contributed by atoms with Crippen molar-refractivity contribution in [3.63, 3.8) is 0 Å². The maximum Gasteiger partial charge on any atom is 0.407 e. The van der Waals surface area contributed by atoms with E-state index in [1.165, 1.54) is 5.56 Å². The summed E-state index contributed by atoms with van der Waals surface area (Å²) in [4.78, 5) is 16.0. The predicted octanol–water partition coefficient (Wildman–Crippen LogP) is 4.07. The minimum absolute atomic E-state index is 0. The molecule has 0 aromatic heterocycles. The first-order chi connectivity index (χ1) is 12.0. The molecule has 2 rings (SSSR count). The number of nitrogens with one attached hydrogen (secondary N) is 2. The van der Waals surface area contributed by atoms with Gasteiger partial charge in [-0.25, -0.2) is 4.79 Å². The highest BCUT2D eigenvalue weighted by molar-refractivity contribution is 14.0. The summed E-state index contributed by atoms with van der Waals surface area (Å²) in [7, 11) is 0. The van der Waals surface area contributed by atoms with Crippen molar-refractivity contribution in [2.75, 3.05) is 18.5 Å². The lowest BCUT2D eigenvalue weighted by Crippen LogP contribution is -2.39. The molecule has 1 fully saturated rings. The Balaban J connectivity index is 0.00000338. The SMILES string of the molecule is CCOC(=O)NC(CN=C(N)Nc1ccc(C(C)CC)cc1)C1CC1.I. The molecular weight excluding hydrogens is 443 g/mol. The maximum atomic E-state index is 11.6. The quantitative estimate of drug-likeness (QED) is 0.301. The van der Waals surface area contributed by atoms with E-state index in [4.69, 9.17) is 10.5 Å². The molecule has 146 valence electrons. The van der Waals surface area contributed by atoms with Gasteiger partial charge in [0.05, 0.1) is 19.2 Å². The highest BCUT2D eigenvalue weighted by Gasteiger charge is 2.32. The number of halogens is 1. The number of rotatable bonds is 8. The van der Waals surface area contributed by atoms with E-state index in [9.17, 15) is 4.79 Å². The van der Waals surface area contributed by atoms with E-state index in [0.717, 1.165) is 24.9 Å². The Kier molecular flexibility index (Phi) is 9.75. The van der Waals surface area contributed by atoms with Gasteiger partial charge in [-0.15, -0.1) is 24.0 Å². The van der Waals surface area contributed by atoms with Crippen LogP contribution in [0.5, 0.6) is 0 Å². The molecular formula is C19H31IN4O2. The lowest BCUT2D eigenvalue weighted by molar-refractivity contribution is 0.147. The maximum absolute atomic E-state index is 11.6.